The molecular weight excluding hydrogens is 328 g/mol. The lowest BCUT2D eigenvalue weighted by atomic mass is 10.0. The summed E-state index contributed by atoms with van der Waals surface area (Å²) in [6, 6.07) is 14.5. The molecule has 26 heavy (non-hydrogen) atoms. The van der Waals surface area contributed by atoms with E-state index in [0.717, 1.165) is 11.3 Å². The van der Waals surface area contributed by atoms with Crippen LogP contribution in [0.2, 0.25) is 0 Å². The van der Waals surface area contributed by atoms with Crippen LogP contribution >= 0.6 is 0 Å². The van der Waals surface area contributed by atoms with Gasteiger partial charge in [-0.1, -0.05) is 30.3 Å². The molecule has 2 aromatic carbocycles. The maximum Gasteiger partial charge on any atom is 0.254 e. The van der Waals surface area contributed by atoms with E-state index < -0.39 is 6.04 Å². The molecule has 5 nitrogen and oxygen atoms in total. The van der Waals surface area contributed by atoms with Crippen LogP contribution in [0.1, 0.15) is 29.8 Å². The topological polar surface area (TPSA) is 49.9 Å². The van der Waals surface area contributed by atoms with Crippen molar-refractivity contribution in [2.75, 3.05) is 24.6 Å². The van der Waals surface area contributed by atoms with Gasteiger partial charge in [0.2, 0.25) is 5.91 Å². The third-order valence-electron chi connectivity index (χ3n) is 4.75. The summed E-state index contributed by atoms with van der Waals surface area (Å²) in [5.41, 5.74) is 2.32. The molecule has 5 heteroatoms. The minimum atomic E-state index is -0.523. The van der Waals surface area contributed by atoms with Crippen LogP contribution in [0.15, 0.2) is 48.5 Å². The van der Waals surface area contributed by atoms with Crippen LogP contribution in [0.25, 0.3) is 0 Å². The SMILES string of the molecule is CCOc1ccccc1N1CCN(C(=O)c2ccccc2C)C(C)C1=O. The Labute approximate surface area is 154 Å². The minimum absolute atomic E-state index is 0.0923. The molecule has 0 aliphatic carbocycles. The van der Waals surface area contributed by atoms with Crippen molar-refractivity contribution in [1.29, 1.82) is 0 Å². The van der Waals surface area contributed by atoms with Crippen LogP contribution in [0, 0.1) is 6.92 Å². The molecule has 136 valence electrons. The fourth-order valence-corrected chi connectivity index (χ4v) is 3.31. The number of hydrogen-bond acceptors (Lipinski definition) is 3. The predicted octanol–water partition coefficient (Wildman–Crippen LogP) is 3.27. The van der Waals surface area contributed by atoms with Crippen LogP contribution in [0.5, 0.6) is 5.75 Å². The predicted molar refractivity (Wildman–Crippen MR) is 102 cm³/mol. The quantitative estimate of drug-likeness (QED) is 0.848. The van der Waals surface area contributed by atoms with Crippen LogP contribution in [0.4, 0.5) is 5.69 Å². The third-order valence-corrected chi connectivity index (χ3v) is 4.75. The average molecular weight is 352 g/mol. The van der Waals surface area contributed by atoms with Crippen molar-refractivity contribution in [3.63, 3.8) is 0 Å². The van der Waals surface area contributed by atoms with Gasteiger partial charge in [0.1, 0.15) is 11.8 Å². The summed E-state index contributed by atoms with van der Waals surface area (Å²) in [6.45, 7) is 7.08. The molecule has 3 rings (SSSR count). The molecule has 0 bridgehead atoms. The lowest BCUT2D eigenvalue weighted by Crippen LogP contribution is -2.57. The Bertz CT molecular complexity index is 818. The molecule has 0 aromatic heterocycles. The number of amides is 2. The van der Waals surface area contributed by atoms with Crippen LogP contribution in [-0.4, -0.2) is 42.5 Å². The zero-order valence-electron chi connectivity index (χ0n) is 15.4. The zero-order chi connectivity index (χ0) is 18.7. The largest absolute Gasteiger partial charge is 0.492 e. The first-order chi connectivity index (χ1) is 12.5. The normalized spacial score (nSPS) is 17.3. The van der Waals surface area contributed by atoms with Crippen molar-refractivity contribution >= 4 is 17.5 Å². The fraction of sp³-hybridized carbons (Fsp3) is 0.333. The summed E-state index contributed by atoms with van der Waals surface area (Å²) in [5.74, 6) is 0.501. The van der Waals surface area contributed by atoms with Gasteiger partial charge >= 0.3 is 0 Å². The van der Waals surface area contributed by atoms with Gasteiger partial charge in [-0.3, -0.25) is 9.59 Å². The van der Waals surface area contributed by atoms with Gasteiger partial charge in [-0.05, 0) is 44.5 Å². The number of rotatable bonds is 4. The number of carbonyl (C=O) groups excluding carboxylic acids is 2. The Morgan fingerprint density at radius 2 is 1.81 bits per heavy atom. The van der Waals surface area contributed by atoms with Crippen LogP contribution in [0.3, 0.4) is 0 Å². The highest BCUT2D eigenvalue weighted by molar-refractivity contribution is 6.04. The molecule has 1 aliphatic heterocycles. The van der Waals surface area contributed by atoms with Crippen LogP contribution in [-0.2, 0) is 4.79 Å². The maximum absolute atomic E-state index is 13.0. The molecule has 2 aromatic rings. The van der Waals surface area contributed by atoms with Gasteiger partial charge in [0, 0.05) is 18.7 Å². The standard InChI is InChI=1S/C21H24N2O3/c1-4-26-19-12-8-7-11-18(19)23-14-13-22(16(3)20(23)24)21(25)17-10-6-5-9-15(17)2/h5-12,16H,4,13-14H2,1-3H3. The first kappa shape index (κ1) is 18.0. The molecule has 0 saturated carbocycles. The van der Waals surface area contributed by atoms with Crippen molar-refractivity contribution in [3.05, 3.63) is 59.7 Å². The number of ether oxygens (including phenoxy) is 1. The Morgan fingerprint density at radius 1 is 1.12 bits per heavy atom. The van der Waals surface area contributed by atoms with Crippen molar-refractivity contribution in [1.82, 2.24) is 4.90 Å². The highest BCUT2D eigenvalue weighted by Gasteiger charge is 2.36. The number of anilines is 1. The molecule has 1 saturated heterocycles. The summed E-state index contributed by atoms with van der Waals surface area (Å²) in [7, 11) is 0. The molecular formula is C21H24N2O3. The van der Waals surface area contributed by atoms with E-state index in [0.29, 0.717) is 31.0 Å². The van der Waals surface area contributed by atoms with E-state index in [1.165, 1.54) is 0 Å². The van der Waals surface area contributed by atoms with Crippen molar-refractivity contribution < 1.29 is 14.3 Å². The molecule has 0 spiro atoms. The Balaban J connectivity index is 1.84. The van der Waals surface area contributed by atoms with E-state index in [2.05, 4.69) is 0 Å². The Hall–Kier alpha value is -2.82. The second kappa shape index (κ2) is 7.60. The average Bonchev–Trinajstić information content (AvgIpc) is 2.65. The van der Waals surface area contributed by atoms with Gasteiger partial charge in [-0.25, -0.2) is 0 Å². The number of aryl methyl sites for hydroxylation is 1. The Kier molecular flexibility index (Phi) is 5.26. The maximum atomic E-state index is 13.0. The summed E-state index contributed by atoms with van der Waals surface area (Å²) >= 11 is 0. The van der Waals surface area contributed by atoms with Gasteiger partial charge in [-0.15, -0.1) is 0 Å². The monoisotopic (exact) mass is 352 g/mol. The molecule has 1 aliphatic rings. The van der Waals surface area contributed by atoms with Gasteiger partial charge in [-0.2, -0.15) is 0 Å². The van der Waals surface area contributed by atoms with E-state index in [1.807, 2.05) is 62.4 Å². The van der Waals surface area contributed by atoms with Gasteiger partial charge in [0.25, 0.3) is 5.91 Å². The second-order valence-electron chi connectivity index (χ2n) is 6.38. The Morgan fingerprint density at radius 3 is 2.54 bits per heavy atom. The van der Waals surface area contributed by atoms with E-state index in [1.54, 1.807) is 16.7 Å². The van der Waals surface area contributed by atoms with E-state index in [4.69, 9.17) is 4.74 Å². The third kappa shape index (κ3) is 3.29. The lowest BCUT2D eigenvalue weighted by molar-refractivity contribution is -0.124. The summed E-state index contributed by atoms with van der Waals surface area (Å²) in [4.78, 5) is 29.3. The second-order valence-corrected chi connectivity index (χ2v) is 6.38. The lowest BCUT2D eigenvalue weighted by Gasteiger charge is -2.39. The molecule has 1 fully saturated rings. The minimum Gasteiger partial charge on any atom is -0.492 e. The number of para-hydroxylation sites is 2. The molecule has 1 atom stereocenters. The van der Waals surface area contributed by atoms with E-state index >= 15 is 0 Å². The smallest absolute Gasteiger partial charge is 0.254 e. The number of piperazine rings is 1. The summed E-state index contributed by atoms with van der Waals surface area (Å²) in [6.07, 6.45) is 0. The van der Waals surface area contributed by atoms with Gasteiger partial charge in [0.05, 0.1) is 12.3 Å². The molecule has 1 unspecified atom stereocenters. The highest BCUT2D eigenvalue weighted by Crippen LogP contribution is 2.31. The number of carbonyl (C=O) groups is 2. The molecule has 0 N–H and O–H groups in total. The highest BCUT2D eigenvalue weighted by atomic mass is 16.5. The van der Waals surface area contributed by atoms with E-state index in [9.17, 15) is 9.59 Å². The molecule has 1 heterocycles. The number of benzene rings is 2. The van der Waals surface area contributed by atoms with Crippen molar-refractivity contribution in [3.8, 4) is 5.75 Å². The van der Waals surface area contributed by atoms with Crippen molar-refractivity contribution in [2.24, 2.45) is 0 Å². The fourth-order valence-electron chi connectivity index (χ4n) is 3.31. The summed E-state index contributed by atoms with van der Waals surface area (Å²) in [5, 5.41) is 0. The zero-order valence-corrected chi connectivity index (χ0v) is 15.4. The van der Waals surface area contributed by atoms with Crippen LogP contribution < -0.4 is 9.64 Å². The van der Waals surface area contributed by atoms with Gasteiger partial charge in [0.15, 0.2) is 0 Å². The summed E-state index contributed by atoms with van der Waals surface area (Å²) < 4.78 is 5.66. The van der Waals surface area contributed by atoms with Gasteiger partial charge < -0.3 is 14.5 Å². The molecule has 2 amide bonds. The first-order valence-corrected chi connectivity index (χ1v) is 8.94. The number of nitrogens with zero attached hydrogens (tertiary/aromatic N) is 2. The first-order valence-electron chi connectivity index (χ1n) is 8.94. The van der Waals surface area contributed by atoms with Crippen molar-refractivity contribution in [2.45, 2.75) is 26.8 Å². The number of hydrogen-bond donors (Lipinski definition) is 0. The molecule has 0 radical (unpaired) electrons. The van der Waals surface area contributed by atoms with E-state index in [-0.39, 0.29) is 11.8 Å².